The molecule has 0 unspecified atom stereocenters. The van der Waals surface area contributed by atoms with Crippen LogP contribution in [-0.4, -0.2) is 24.0 Å². The van der Waals surface area contributed by atoms with Gasteiger partial charge in [-0.15, -0.1) is 0 Å². The number of carbonyl (C=O) groups excluding carboxylic acids is 1. The van der Waals surface area contributed by atoms with Crippen LogP contribution in [0, 0.1) is 10.1 Å². The number of nitro groups is 1. The average Bonchev–Trinajstić information content (AvgIpc) is 2.33. The van der Waals surface area contributed by atoms with E-state index in [1.807, 2.05) is 0 Å². The molecule has 0 bridgehead atoms. The fourth-order valence-electron chi connectivity index (χ4n) is 1.36. The molecule has 19 heavy (non-hydrogen) atoms. The predicted molar refractivity (Wildman–Crippen MR) is 72.9 cm³/mol. The Morgan fingerprint density at radius 1 is 1.42 bits per heavy atom. The minimum atomic E-state index is -0.574. The van der Waals surface area contributed by atoms with E-state index in [1.54, 1.807) is 6.92 Å². The number of rotatable bonds is 6. The fourth-order valence-corrected chi connectivity index (χ4v) is 1.68. The van der Waals surface area contributed by atoms with Crippen molar-refractivity contribution in [1.82, 2.24) is 0 Å². The van der Waals surface area contributed by atoms with Crippen LogP contribution in [0.25, 0.3) is 0 Å². The second kappa shape index (κ2) is 7.16. The molecule has 0 aliphatic heterocycles. The van der Waals surface area contributed by atoms with Crippen molar-refractivity contribution in [2.24, 2.45) is 0 Å². The zero-order valence-electron chi connectivity index (χ0n) is 10.1. The Hall–Kier alpha value is -1.53. The summed E-state index contributed by atoms with van der Waals surface area (Å²) in [5.41, 5.74) is 0.0157. The lowest BCUT2D eigenvalue weighted by Crippen LogP contribution is -2.12. The van der Waals surface area contributed by atoms with E-state index in [4.69, 9.17) is 27.9 Å². The van der Waals surface area contributed by atoms with Gasteiger partial charge in [0.1, 0.15) is 5.69 Å². The van der Waals surface area contributed by atoms with Crippen molar-refractivity contribution in [2.75, 3.05) is 18.5 Å². The van der Waals surface area contributed by atoms with Crippen LogP contribution >= 0.6 is 23.2 Å². The van der Waals surface area contributed by atoms with Crippen molar-refractivity contribution in [3.05, 3.63) is 32.3 Å². The van der Waals surface area contributed by atoms with Gasteiger partial charge >= 0.3 is 5.97 Å². The topological polar surface area (TPSA) is 81.5 Å². The molecule has 0 aliphatic rings. The molecule has 0 heterocycles. The maximum absolute atomic E-state index is 11.1. The molecule has 0 saturated carbocycles. The second-order valence-corrected chi connectivity index (χ2v) is 4.34. The molecular weight excluding hydrogens is 295 g/mol. The molecule has 0 spiro atoms. The summed E-state index contributed by atoms with van der Waals surface area (Å²) in [4.78, 5) is 21.4. The average molecular weight is 307 g/mol. The molecule has 1 aromatic rings. The van der Waals surface area contributed by atoms with Crippen molar-refractivity contribution >= 4 is 40.5 Å². The molecule has 0 atom stereocenters. The van der Waals surface area contributed by atoms with Gasteiger partial charge in [0.15, 0.2) is 0 Å². The number of benzene rings is 1. The third-order valence-corrected chi connectivity index (χ3v) is 2.91. The van der Waals surface area contributed by atoms with Crippen LogP contribution < -0.4 is 5.32 Å². The highest BCUT2D eigenvalue weighted by atomic mass is 35.5. The highest BCUT2D eigenvalue weighted by Crippen LogP contribution is 2.33. The number of esters is 1. The normalized spacial score (nSPS) is 10.1. The molecule has 0 radical (unpaired) electrons. The predicted octanol–water partition coefficient (Wildman–Crippen LogP) is 3.27. The number of nitro benzene ring substituents is 1. The van der Waals surface area contributed by atoms with Crippen LogP contribution in [0.3, 0.4) is 0 Å². The minimum Gasteiger partial charge on any atom is -0.466 e. The van der Waals surface area contributed by atoms with Crippen molar-refractivity contribution < 1.29 is 14.5 Å². The van der Waals surface area contributed by atoms with Crippen LogP contribution in [-0.2, 0) is 9.53 Å². The molecule has 0 aliphatic carbocycles. The molecule has 1 N–H and O–H groups in total. The van der Waals surface area contributed by atoms with Gasteiger partial charge in [-0.25, -0.2) is 0 Å². The summed E-state index contributed by atoms with van der Waals surface area (Å²) in [6, 6.07) is 2.52. The van der Waals surface area contributed by atoms with Crippen molar-refractivity contribution in [1.29, 1.82) is 0 Å². The largest absolute Gasteiger partial charge is 0.466 e. The minimum absolute atomic E-state index is 0.101. The van der Waals surface area contributed by atoms with E-state index >= 15 is 0 Å². The number of halogens is 2. The Morgan fingerprint density at radius 2 is 2.05 bits per heavy atom. The molecule has 0 saturated heterocycles. The maximum Gasteiger partial charge on any atom is 0.307 e. The summed E-state index contributed by atoms with van der Waals surface area (Å²) in [6.07, 6.45) is 0.102. The molecule has 0 amide bonds. The van der Waals surface area contributed by atoms with E-state index in [9.17, 15) is 14.9 Å². The van der Waals surface area contributed by atoms with Gasteiger partial charge in [0.05, 0.1) is 28.0 Å². The first-order valence-corrected chi connectivity index (χ1v) is 6.24. The van der Waals surface area contributed by atoms with Crippen molar-refractivity contribution in [3.8, 4) is 0 Å². The standard InChI is InChI=1S/C11H12Cl2N2O4/c1-2-19-11(16)3-4-14-9-5-7(12)8(13)6-10(9)15(17)18/h5-6,14H,2-4H2,1H3. The smallest absolute Gasteiger partial charge is 0.307 e. The molecule has 0 fully saturated rings. The highest BCUT2D eigenvalue weighted by molar-refractivity contribution is 6.42. The third-order valence-electron chi connectivity index (χ3n) is 2.19. The van der Waals surface area contributed by atoms with Crippen molar-refractivity contribution in [3.63, 3.8) is 0 Å². The van der Waals surface area contributed by atoms with Gasteiger partial charge in [0.2, 0.25) is 0 Å². The number of anilines is 1. The van der Waals surface area contributed by atoms with Gasteiger partial charge in [0.25, 0.3) is 5.69 Å². The SMILES string of the molecule is CCOC(=O)CCNc1cc(Cl)c(Cl)cc1[N+](=O)[O-]. The Morgan fingerprint density at radius 3 is 2.63 bits per heavy atom. The Bertz CT molecular complexity index is 494. The van der Waals surface area contributed by atoms with Crippen LogP contribution in [0.4, 0.5) is 11.4 Å². The van der Waals surface area contributed by atoms with E-state index in [1.165, 1.54) is 6.07 Å². The van der Waals surface area contributed by atoms with Gasteiger partial charge in [-0.1, -0.05) is 23.2 Å². The number of nitrogens with one attached hydrogen (secondary N) is 1. The third kappa shape index (κ3) is 4.57. The summed E-state index contributed by atoms with van der Waals surface area (Å²) in [5, 5.41) is 13.9. The Kier molecular flexibility index (Phi) is 5.85. The van der Waals surface area contributed by atoms with E-state index in [-0.39, 0.29) is 40.4 Å². The zero-order chi connectivity index (χ0) is 14.4. The van der Waals surface area contributed by atoms with Crippen LogP contribution in [0.1, 0.15) is 13.3 Å². The molecule has 104 valence electrons. The monoisotopic (exact) mass is 306 g/mol. The van der Waals surface area contributed by atoms with Gasteiger partial charge in [-0.3, -0.25) is 14.9 Å². The first-order valence-electron chi connectivity index (χ1n) is 5.48. The summed E-state index contributed by atoms with van der Waals surface area (Å²) >= 11 is 11.5. The van der Waals surface area contributed by atoms with E-state index in [0.29, 0.717) is 6.61 Å². The highest BCUT2D eigenvalue weighted by Gasteiger charge is 2.17. The lowest BCUT2D eigenvalue weighted by atomic mass is 10.2. The lowest BCUT2D eigenvalue weighted by molar-refractivity contribution is -0.383. The van der Waals surface area contributed by atoms with Gasteiger partial charge in [0, 0.05) is 12.6 Å². The summed E-state index contributed by atoms with van der Waals surface area (Å²) in [5.74, 6) is -0.377. The summed E-state index contributed by atoms with van der Waals surface area (Å²) < 4.78 is 4.74. The molecule has 8 heteroatoms. The first-order chi connectivity index (χ1) is 8.95. The number of nitrogens with zero attached hydrogens (tertiary/aromatic N) is 1. The lowest BCUT2D eigenvalue weighted by Gasteiger charge is -2.08. The maximum atomic E-state index is 11.1. The quantitative estimate of drug-likeness (QED) is 0.495. The van der Waals surface area contributed by atoms with Gasteiger partial charge in [-0.2, -0.15) is 0 Å². The number of hydrogen-bond donors (Lipinski definition) is 1. The molecule has 6 nitrogen and oxygen atoms in total. The van der Waals surface area contributed by atoms with Crippen LogP contribution in [0.2, 0.25) is 10.0 Å². The van der Waals surface area contributed by atoms with Crippen LogP contribution in [0.5, 0.6) is 0 Å². The summed E-state index contributed by atoms with van der Waals surface area (Å²) in [7, 11) is 0. The molecular formula is C11H12Cl2N2O4. The van der Waals surface area contributed by atoms with E-state index in [2.05, 4.69) is 5.32 Å². The Labute approximate surface area is 119 Å². The number of hydrogen-bond acceptors (Lipinski definition) is 5. The fraction of sp³-hybridized carbons (Fsp3) is 0.364. The van der Waals surface area contributed by atoms with E-state index < -0.39 is 4.92 Å². The van der Waals surface area contributed by atoms with Gasteiger partial charge in [-0.05, 0) is 13.0 Å². The van der Waals surface area contributed by atoms with Crippen molar-refractivity contribution in [2.45, 2.75) is 13.3 Å². The van der Waals surface area contributed by atoms with E-state index in [0.717, 1.165) is 6.07 Å². The summed E-state index contributed by atoms with van der Waals surface area (Å²) in [6.45, 7) is 2.21. The first kappa shape index (κ1) is 15.5. The number of carbonyl (C=O) groups is 1. The number of ether oxygens (including phenoxy) is 1. The van der Waals surface area contributed by atoms with Gasteiger partial charge < -0.3 is 10.1 Å². The second-order valence-electron chi connectivity index (χ2n) is 3.52. The molecule has 1 rings (SSSR count). The molecule has 1 aromatic carbocycles. The van der Waals surface area contributed by atoms with Crippen LogP contribution in [0.15, 0.2) is 12.1 Å². The zero-order valence-corrected chi connectivity index (χ0v) is 11.6. The molecule has 0 aromatic heterocycles. The Balaban J connectivity index is 2.74.